The van der Waals surface area contributed by atoms with Gasteiger partial charge in [-0.15, -0.1) is 0 Å². The van der Waals surface area contributed by atoms with E-state index in [-0.39, 0.29) is 56.6 Å². The van der Waals surface area contributed by atoms with Crippen molar-refractivity contribution < 1.29 is 27.2 Å². The largest absolute Gasteiger partial charge is 0.403 e. The molecule has 3 heterocycles. The topological polar surface area (TPSA) is 116 Å². The molecule has 2 aromatic heterocycles. The van der Waals surface area contributed by atoms with Crippen molar-refractivity contribution in [1.29, 1.82) is 5.26 Å². The number of aromatic nitrogens is 3. The van der Waals surface area contributed by atoms with Crippen LogP contribution < -0.4 is 10.6 Å². The van der Waals surface area contributed by atoms with Gasteiger partial charge in [0.15, 0.2) is 5.82 Å². The van der Waals surface area contributed by atoms with Crippen molar-refractivity contribution in [2.24, 2.45) is 5.41 Å². The van der Waals surface area contributed by atoms with Crippen LogP contribution in [0.15, 0.2) is 24.5 Å². The number of piperidine rings is 1. The number of rotatable bonds is 6. The van der Waals surface area contributed by atoms with E-state index in [4.69, 9.17) is 0 Å². The molecule has 2 aromatic rings. The van der Waals surface area contributed by atoms with Gasteiger partial charge in [-0.2, -0.15) is 27.9 Å². The average molecular weight is 493 g/mol. The zero-order valence-electron chi connectivity index (χ0n) is 18.8. The van der Waals surface area contributed by atoms with Gasteiger partial charge >= 0.3 is 6.18 Å². The van der Waals surface area contributed by atoms with E-state index in [9.17, 15) is 32.4 Å². The molecule has 2 aliphatic rings. The van der Waals surface area contributed by atoms with Gasteiger partial charge in [0.2, 0.25) is 11.9 Å². The summed E-state index contributed by atoms with van der Waals surface area (Å²) in [5, 5.41) is 19.3. The molecule has 2 fully saturated rings. The van der Waals surface area contributed by atoms with Crippen LogP contribution in [0.4, 0.5) is 29.1 Å². The Hall–Kier alpha value is -3.69. The van der Waals surface area contributed by atoms with Crippen molar-refractivity contribution >= 4 is 23.3 Å². The van der Waals surface area contributed by atoms with Crippen molar-refractivity contribution in [1.82, 2.24) is 25.0 Å². The zero-order chi connectivity index (χ0) is 25.4. The molecule has 13 heteroatoms. The highest BCUT2D eigenvalue weighted by atomic mass is 19.4. The molecule has 0 radical (unpaired) electrons. The number of likely N-dealkylation sites (tertiary alicyclic amines) is 1. The number of pyridine rings is 1. The predicted molar refractivity (Wildman–Crippen MR) is 115 cm³/mol. The van der Waals surface area contributed by atoms with Crippen LogP contribution in [0.5, 0.6) is 0 Å². The highest BCUT2D eigenvalue weighted by Crippen LogP contribution is 2.59. The third-order valence-corrected chi connectivity index (χ3v) is 6.75. The SMILES string of the molecule is CNC(=O)c1cn(C2(CC#N)CCN(C(=O)C3(C(F)(F)F)CC3)CC2)nc1Nc1ccnc(F)c1. The maximum atomic E-state index is 13.5. The quantitative estimate of drug-likeness (QED) is 0.472. The van der Waals surface area contributed by atoms with Gasteiger partial charge in [0.05, 0.1) is 18.0 Å². The Morgan fingerprint density at radius 1 is 1.23 bits per heavy atom. The van der Waals surface area contributed by atoms with Crippen LogP contribution >= 0.6 is 0 Å². The standard InChI is InChI=1S/C22H23F4N7O2/c1-28-18(34)15-13-33(31-17(15)30-14-2-9-29-16(23)12-14)20(5-8-27)6-10-32(11-7-20)19(35)21(3-4-21)22(24,25)26/h2,9,12-13H,3-7,10-11H2,1H3,(H,28,34)(H,29,30,31). The van der Waals surface area contributed by atoms with Crippen LogP contribution in [0.1, 0.15) is 42.5 Å². The molecule has 2 amide bonds. The molecule has 0 spiro atoms. The first-order chi connectivity index (χ1) is 16.5. The van der Waals surface area contributed by atoms with Gasteiger partial charge in [-0.3, -0.25) is 14.3 Å². The zero-order valence-corrected chi connectivity index (χ0v) is 18.8. The van der Waals surface area contributed by atoms with Crippen molar-refractivity contribution in [3.63, 3.8) is 0 Å². The lowest BCUT2D eigenvalue weighted by Gasteiger charge is -2.42. The number of anilines is 2. The highest BCUT2D eigenvalue weighted by molar-refractivity contribution is 5.99. The molecule has 0 unspecified atom stereocenters. The molecule has 1 aliphatic carbocycles. The molecule has 0 atom stereocenters. The first kappa shape index (κ1) is 24.4. The summed E-state index contributed by atoms with van der Waals surface area (Å²) in [6.45, 7) is 0.0394. The Kier molecular flexibility index (Phi) is 6.16. The molecule has 4 rings (SSSR count). The minimum Gasteiger partial charge on any atom is -0.355 e. The highest BCUT2D eigenvalue weighted by Gasteiger charge is 2.69. The molecule has 1 saturated heterocycles. The average Bonchev–Trinajstić information content (AvgIpc) is 3.54. The molecule has 9 nitrogen and oxygen atoms in total. The summed E-state index contributed by atoms with van der Waals surface area (Å²) in [6.07, 6.45) is -2.00. The summed E-state index contributed by atoms with van der Waals surface area (Å²) in [5.41, 5.74) is -2.80. The number of nitrogens with one attached hydrogen (secondary N) is 2. The van der Waals surface area contributed by atoms with Gasteiger partial charge < -0.3 is 15.5 Å². The van der Waals surface area contributed by atoms with Crippen molar-refractivity contribution in [3.8, 4) is 6.07 Å². The van der Waals surface area contributed by atoms with Crippen LogP contribution in [0, 0.1) is 22.7 Å². The smallest absolute Gasteiger partial charge is 0.355 e. The second kappa shape index (κ2) is 8.83. The van der Waals surface area contributed by atoms with Crippen LogP contribution in [0.3, 0.4) is 0 Å². The molecular formula is C22H23F4N7O2. The second-order valence-electron chi connectivity index (χ2n) is 8.84. The molecule has 1 saturated carbocycles. The first-order valence-electron chi connectivity index (χ1n) is 11.0. The maximum absolute atomic E-state index is 13.5. The number of hydrogen-bond donors (Lipinski definition) is 2. The van der Waals surface area contributed by atoms with Crippen molar-refractivity contribution in [2.45, 2.75) is 43.8 Å². The van der Waals surface area contributed by atoms with Crippen LogP contribution in [-0.4, -0.2) is 57.8 Å². The van der Waals surface area contributed by atoms with Crippen LogP contribution in [0.25, 0.3) is 0 Å². The number of carbonyl (C=O) groups excluding carboxylic acids is 2. The first-order valence-corrected chi connectivity index (χ1v) is 11.0. The third-order valence-electron chi connectivity index (χ3n) is 6.75. The summed E-state index contributed by atoms with van der Waals surface area (Å²) in [6, 6.07) is 4.70. The Morgan fingerprint density at radius 3 is 2.46 bits per heavy atom. The second-order valence-corrected chi connectivity index (χ2v) is 8.84. The monoisotopic (exact) mass is 493 g/mol. The van der Waals surface area contributed by atoms with Gasteiger partial charge in [0, 0.05) is 44.3 Å². The molecule has 186 valence electrons. The molecule has 0 aromatic carbocycles. The number of amides is 2. The van der Waals surface area contributed by atoms with Crippen LogP contribution in [-0.2, 0) is 10.3 Å². The van der Waals surface area contributed by atoms with Gasteiger partial charge in [-0.25, -0.2) is 4.98 Å². The van der Waals surface area contributed by atoms with E-state index < -0.39 is 34.9 Å². The number of halogens is 4. The predicted octanol–water partition coefficient (Wildman–Crippen LogP) is 3.09. The summed E-state index contributed by atoms with van der Waals surface area (Å²) in [5.74, 6) is -2.03. The Morgan fingerprint density at radius 2 is 1.91 bits per heavy atom. The number of nitriles is 1. The summed E-state index contributed by atoms with van der Waals surface area (Å²) in [7, 11) is 1.43. The molecule has 1 aliphatic heterocycles. The Bertz CT molecular complexity index is 1180. The van der Waals surface area contributed by atoms with Crippen LogP contribution in [0.2, 0.25) is 0 Å². The van der Waals surface area contributed by atoms with Crippen molar-refractivity contribution in [3.05, 3.63) is 36.0 Å². The number of hydrogen-bond acceptors (Lipinski definition) is 6. The Labute approximate surface area is 198 Å². The molecule has 0 bridgehead atoms. The number of nitrogens with zero attached hydrogens (tertiary/aromatic N) is 5. The Balaban J connectivity index is 1.60. The molecule has 35 heavy (non-hydrogen) atoms. The van der Waals surface area contributed by atoms with E-state index in [0.29, 0.717) is 5.69 Å². The number of carbonyl (C=O) groups is 2. The van der Waals surface area contributed by atoms with E-state index in [1.165, 1.54) is 35.1 Å². The fourth-order valence-electron chi connectivity index (χ4n) is 4.43. The third kappa shape index (κ3) is 4.40. The van der Waals surface area contributed by atoms with Gasteiger partial charge in [0.1, 0.15) is 11.0 Å². The van der Waals surface area contributed by atoms with E-state index in [0.717, 1.165) is 6.07 Å². The summed E-state index contributed by atoms with van der Waals surface area (Å²) < 4.78 is 55.2. The minimum absolute atomic E-state index is 0.0197. The fraction of sp³-hybridized carbons (Fsp3) is 0.500. The minimum atomic E-state index is -4.59. The van der Waals surface area contributed by atoms with E-state index in [1.54, 1.807) is 0 Å². The summed E-state index contributed by atoms with van der Waals surface area (Å²) in [4.78, 5) is 29.8. The normalized spacial score (nSPS) is 18.5. The number of alkyl halides is 3. The maximum Gasteiger partial charge on any atom is 0.403 e. The lowest BCUT2D eigenvalue weighted by atomic mass is 9.84. The molecular weight excluding hydrogens is 470 g/mol. The van der Waals surface area contributed by atoms with E-state index in [2.05, 4.69) is 26.8 Å². The lowest BCUT2D eigenvalue weighted by molar-refractivity contribution is -0.199. The van der Waals surface area contributed by atoms with Gasteiger partial charge in [-0.1, -0.05) is 0 Å². The lowest BCUT2D eigenvalue weighted by Crippen LogP contribution is -2.52. The van der Waals surface area contributed by atoms with E-state index in [1.807, 2.05) is 0 Å². The van der Waals surface area contributed by atoms with Gasteiger partial charge in [0.25, 0.3) is 5.91 Å². The fourth-order valence-corrected chi connectivity index (χ4v) is 4.43. The van der Waals surface area contributed by atoms with E-state index >= 15 is 0 Å². The summed E-state index contributed by atoms with van der Waals surface area (Å²) >= 11 is 0. The van der Waals surface area contributed by atoms with Gasteiger partial charge in [-0.05, 0) is 31.7 Å². The molecule has 2 N–H and O–H groups in total. The van der Waals surface area contributed by atoms with Crippen molar-refractivity contribution in [2.75, 3.05) is 25.5 Å².